The highest BCUT2D eigenvalue weighted by Crippen LogP contribution is 2.09. The molecule has 74 valence electrons. The van der Waals surface area contributed by atoms with Gasteiger partial charge in [0, 0.05) is 19.2 Å². The number of nitrogens with two attached hydrogens (primary N) is 1. The molecule has 4 nitrogen and oxygen atoms in total. The van der Waals surface area contributed by atoms with Crippen molar-refractivity contribution in [2.24, 2.45) is 5.73 Å². The van der Waals surface area contributed by atoms with Crippen molar-refractivity contribution >= 4 is 12.3 Å². The van der Waals surface area contributed by atoms with Crippen LogP contribution in [0.4, 0.5) is 0 Å². The summed E-state index contributed by atoms with van der Waals surface area (Å²) >= 11 is 0. The van der Waals surface area contributed by atoms with Gasteiger partial charge < -0.3 is 10.6 Å². The maximum atomic E-state index is 11.0. The lowest BCUT2D eigenvalue weighted by Crippen LogP contribution is -2.20. The van der Waals surface area contributed by atoms with E-state index in [1.165, 1.54) is 4.90 Å². The smallest absolute Gasteiger partial charge is 0.249 e. The van der Waals surface area contributed by atoms with E-state index in [1.54, 1.807) is 31.3 Å². The van der Waals surface area contributed by atoms with Crippen molar-refractivity contribution in [3.8, 4) is 0 Å². The number of carbonyl (C=O) groups is 2. The topological polar surface area (TPSA) is 63.4 Å². The predicted molar refractivity (Wildman–Crippen MR) is 52.5 cm³/mol. The average molecular weight is 192 g/mol. The molecule has 0 aliphatic heterocycles. The van der Waals surface area contributed by atoms with Crippen LogP contribution in [0.15, 0.2) is 24.3 Å². The van der Waals surface area contributed by atoms with Gasteiger partial charge >= 0.3 is 0 Å². The lowest BCUT2D eigenvalue weighted by Gasteiger charge is -2.12. The molecule has 0 aliphatic rings. The largest absolute Gasteiger partial charge is 0.366 e. The summed E-state index contributed by atoms with van der Waals surface area (Å²) in [6.45, 7) is 0.391. The molecule has 0 aliphatic carbocycles. The van der Waals surface area contributed by atoms with Gasteiger partial charge in [0.05, 0.1) is 0 Å². The average Bonchev–Trinajstić information content (AvgIpc) is 2.18. The van der Waals surface area contributed by atoms with E-state index in [-0.39, 0.29) is 0 Å². The second-order valence-electron chi connectivity index (χ2n) is 3.04. The van der Waals surface area contributed by atoms with Crippen molar-refractivity contribution in [1.82, 2.24) is 4.90 Å². The first kappa shape index (κ1) is 10.2. The number of hydrogen-bond acceptors (Lipinski definition) is 2. The molecular weight excluding hydrogens is 180 g/mol. The lowest BCUT2D eigenvalue weighted by molar-refractivity contribution is -0.117. The number of carbonyl (C=O) groups excluding carboxylic acids is 2. The van der Waals surface area contributed by atoms with Gasteiger partial charge in [-0.1, -0.05) is 18.2 Å². The number of nitrogens with zero attached hydrogens (tertiary/aromatic N) is 1. The van der Waals surface area contributed by atoms with Gasteiger partial charge in [0.2, 0.25) is 12.3 Å². The van der Waals surface area contributed by atoms with Crippen LogP contribution >= 0.6 is 0 Å². The Morgan fingerprint density at radius 2 is 2.14 bits per heavy atom. The predicted octanol–water partition coefficient (Wildman–Crippen LogP) is 0.374. The standard InChI is InChI=1S/C10H12N2O2/c1-12(7-13)6-8-4-2-3-5-9(8)10(11)14/h2-5,7H,6H2,1H3,(H2,11,14). The zero-order valence-corrected chi connectivity index (χ0v) is 7.93. The number of primary amides is 1. The van der Waals surface area contributed by atoms with Gasteiger partial charge in [-0.2, -0.15) is 0 Å². The second kappa shape index (κ2) is 4.41. The number of hydrogen-bond donors (Lipinski definition) is 1. The fraction of sp³-hybridized carbons (Fsp3) is 0.200. The van der Waals surface area contributed by atoms with Gasteiger partial charge in [-0.25, -0.2) is 0 Å². The maximum Gasteiger partial charge on any atom is 0.249 e. The third-order valence-electron chi connectivity index (χ3n) is 1.88. The molecule has 0 heterocycles. The summed E-state index contributed by atoms with van der Waals surface area (Å²) < 4.78 is 0. The van der Waals surface area contributed by atoms with Crippen molar-refractivity contribution in [2.45, 2.75) is 6.54 Å². The summed E-state index contributed by atoms with van der Waals surface area (Å²) in [7, 11) is 1.64. The molecule has 0 saturated carbocycles. The summed E-state index contributed by atoms with van der Waals surface area (Å²) in [5, 5.41) is 0. The van der Waals surface area contributed by atoms with Gasteiger partial charge in [-0.05, 0) is 11.6 Å². The van der Waals surface area contributed by atoms with Crippen LogP contribution in [0.3, 0.4) is 0 Å². The molecule has 0 spiro atoms. The minimum Gasteiger partial charge on any atom is -0.366 e. The van der Waals surface area contributed by atoms with E-state index in [2.05, 4.69) is 0 Å². The lowest BCUT2D eigenvalue weighted by atomic mass is 10.1. The van der Waals surface area contributed by atoms with Crippen LogP contribution in [-0.4, -0.2) is 24.3 Å². The Morgan fingerprint density at radius 3 is 2.71 bits per heavy atom. The highest BCUT2D eigenvalue weighted by atomic mass is 16.1. The molecule has 4 heteroatoms. The normalized spacial score (nSPS) is 9.50. The van der Waals surface area contributed by atoms with E-state index in [1.807, 2.05) is 0 Å². The zero-order valence-electron chi connectivity index (χ0n) is 7.93. The summed E-state index contributed by atoms with van der Waals surface area (Å²) in [5.74, 6) is -0.472. The Labute approximate surface area is 82.3 Å². The number of benzene rings is 1. The molecular formula is C10H12N2O2. The van der Waals surface area contributed by atoms with Gasteiger partial charge in [-0.3, -0.25) is 9.59 Å². The fourth-order valence-electron chi connectivity index (χ4n) is 1.20. The minimum atomic E-state index is -0.472. The van der Waals surface area contributed by atoms with Gasteiger partial charge in [0.25, 0.3) is 0 Å². The van der Waals surface area contributed by atoms with Crippen LogP contribution in [0.1, 0.15) is 15.9 Å². The summed E-state index contributed by atoms with van der Waals surface area (Å²) in [6.07, 6.45) is 0.706. The van der Waals surface area contributed by atoms with E-state index >= 15 is 0 Å². The maximum absolute atomic E-state index is 11.0. The van der Waals surface area contributed by atoms with E-state index in [9.17, 15) is 9.59 Å². The van der Waals surface area contributed by atoms with Crippen LogP contribution in [-0.2, 0) is 11.3 Å². The number of rotatable bonds is 4. The Kier molecular flexibility index (Phi) is 3.23. The van der Waals surface area contributed by atoms with Crippen LogP contribution in [0, 0.1) is 0 Å². The third kappa shape index (κ3) is 2.32. The molecule has 1 aromatic carbocycles. The monoisotopic (exact) mass is 192 g/mol. The highest BCUT2D eigenvalue weighted by Gasteiger charge is 2.07. The van der Waals surface area contributed by atoms with Crippen molar-refractivity contribution in [1.29, 1.82) is 0 Å². The zero-order chi connectivity index (χ0) is 10.6. The van der Waals surface area contributed by atoms with Crippen LogP contribution < -0.4 is 5.73 Å². The first-order valence-corrected chi connectivity index (χ1v) is 4.18. The molecule has 0 unspecified atom stereocenters. The Hall–Kier alpha value is -1.84. The second-order valence-corrected chi connectivity index (χ2v) is 3.04. The highest BCUT2D eigenvalue weighted by molar-refractivity contribution is 5.94. The van der Waals surface area contributed by atoms with E-state index in [0.29, 0.717) is 18.5 Å². The quantitative estimate of drug-likeness (QED) is 0.701. The molecule has 0 saturated heterocycles. The molecule has 0 aromatic heterocycles. The van der Waals surface area contributed by atoms with E-state index < -0.39 is 5.91 Å². The van der Waals surface area contributed by atoms with Crippen molar-refractivity contribution < 1.29 is 9.59 Å². The molecule has 0 bridgehead atoms. The van der Waals surface area contributed by atoms with Crippen LogP contribution in [0.2, 0.25) is 0 Å². The summed E-state index contributed by atoms with van der Waals surface area (Å²) in [6, 6.07) is 6.97. The molecule has 0 fully saturated rings. The van der Waals surface area contributed by atoms with Gasteiger partial charge in [0.15, 0.2) is 0 Å². The Balaban J connectivity index is 2.95. The third-order valence-corrected chi connectivity index (χ3v) is 1.88. The first-order chi connectivity index (χ1) is 6.65. The molecule has 1 aromatic rings. The molecule has 2 N–H and O–H groups in total. The van der Waals surface area contributed by atoms with E-state index in [0.717, 1.165) is 5.56 Å². The van der Waals surface area contributed by atoms with Crippen LogP contribution in [0.5, 0.6) is 0 Å². The summed E-state index contributed by atoms with van der Waals surface area (Å²) in [5.41, 5.74) is 6.40. The Morgan fingerprint density at radius 1 is 1.50 bits per heavy atom. The molecule has 1 rings (SSSR count). The van der Waals surface area contributed by atoms with Gasteiger partial charge in [-0.15, -0.1) is 0 Å². The van der Waals surface area contributed by atoms with Crippen molar-refractivity contribution in [3.63, 3.8) is 0 Å². The molecule has 0 radical (unpaired) electrons. The van der Waals surface area contributed by atoms with Crippen molar-refractivity contribution in [2.75, 3.05) is 7.05 Å². The number of amides is 2. The molecule has 0 atom stereocenters. The molecule has 2 amide bonds. The fourth-order valence-corrected chi connectivity index (χ4v) is 1.20. The summed E-state index contributed by atoms with van der Waals surface area (Å²) in [4.78, 5) is 22.9. The van der Waals surface area contributed by atoms with E-state index in [4.69, 9.17) is 5.73 Å². The van der Waals surface area contributed by atoms with Gasteiger partial charge in [0.1, 0.15) is 0 Å². The van der Waals surface area contributed by atoms with Crippen molar-refractivity contribution in [3.05, 3.63) is 35.4 Å². The molecule has 14 heavy (non-hydrogen) atoms. The minimum absolute atomic E-state index is 0.391. The Bertz CT molecular complexity index is 350. The first-order valence-electron chi connectivity index (χ1n) is 4.18. The van der Waals surface area contributed by atoms with Crippen LogP contribution in [0.25, 0.3) is 0 Å². The SMILES string of the molecule is CN(C=O)Cc1ccccc1C(N)=O.